The van der Waals surface area contributed by atoms with Crippen molar-refractivity contribution >= 4 is 11.9 Å². The summed E-state index contributed by atoms with van der Waals surface area (Å²) >= 11 is 0. The zero-order valence-corrected chi connectivity index (χ0v) is 16.9. The number of fused-ring (bicyclic) bond motifs is 1. The van der Waals surface area contributed by atoms with Gasteiger partial charge in [0.2, 0.25) is 0 Å². The standard InChI is InChI=1S/C23H22N2O5/c1-28-18-12-16(11-17(13-18)23(27)29-2)22(26)25-9-8-20-19(14-25)24-21(30-20)10-15-6-4-3-5-7-15/h3-7,11-13H,8-10,14H2,1-2H3. The van der Waals surface area contributed by atoms with Gasteiger partial charge >= 0.3 is 5.97 Å². The molecule has 7 heteroatoms. The molecule has 0 unspecified atom stereocenters. The molecule has 0 atom stereocenters. The van der Waals surface area contributed by atoms with Gasteiger partial charge in [-0.3, -0.25) is 4.79 Å². The molecule has 30 heavy (non-hydrogen) atoms. The third kappa shape index (κ3) is 4.05. The normalized spacial score (nSPS) is 12.9. The van der Waals surface area contributed by atoms with Crippen LogP contribution in [0.3, 0.4) is 0 Å². The number of esters is 1. The predicted molar refractivity (Wildman–Crippen MR) is 109 cm³/mol. The van der Waals surface area contributed by atoms with Gasteiger partial charge in [-0.25, -0.2) is 9.78 Å². The summed E-state index contributed by atoms with van der Waals surface area (Å²) in [6.45, 7) is 0.869. The summed E-state index contributed by atoms with van der Waals surface area (Å²) in [5.41, 5.74) is 2.53. The molecule has 0 fully saturated rings. The molecule has 1 amide bonds. The van der Waals surface area contributed by atoms with Crippen LogP contribution in [0.25, 0.3) is 0 Å². The lowest BCUT2D eigenvalue weighted by Crippen LogP contribution is -2.36. The van der Waals surface area contributed by atoms with Gasteiger partial charge in [0, 0.05) is 24.9 Å². The molecule has 0 spiro atoms. The van der Waals surface area contributed by atoms with Crippen molar-refractivity contribution in [3.8, 4) is 5.75 Å². The lowest BCUT2D eigenvalue weighted by Gasteiger charge is -2.25. The topological polar surface area (TPSA) is 81.9 Å². The first-order valence-electron chi connectivity index (χ1n) is 9.65. The summed E-state index contributed by atoms with van der Waals surface area (Å²) in [4.78, 5) is 31.3. The van der Waals surface area contributed by atoms with Crippen molar-refractivity contribution in [2.24, 2.45) is 0 Å². The fourth-order valence-corrected chi connectivity index (χ4v) is 3.53. The van der Waals surface area contributed by atoms with Crippen LogP contribution in [0.4, 0.5) is 0 Å². The number of carbonyl (C=O) groups excluding carboxylic acids is 2. The fourth-order valence-electron chi connectivity index (χ4n) is 3.53. The van der Waals surface area contributed by atoms with Crippen molar-refractivity contribution in [3.63, 3.8) is 0 Å². The summed E-state index contributed by atoms with van der Waals surface area (Å²) in [7, 11) is 2.79. The Morgan fingerprint density at radius 1 is 1.10 bits per heavy atom. The summed E-state index contributed by atoms with van der Waals surface area (Å²) < 4.78 is 15.9. The van der Waals surface area contributed by atoms with Gasteiger partial charge in [0.1, 0.15) is 17.2 Å². The number of hydrogen-bond donors (Lipinski definition) is 0. The molecule has 7 nitrogen and oxygen atoms in total. The fraction of sp³-hybridized carbons (Fsp3) is 0.261. The number of benzene rings is 2. The third-order valence-electron chi connectivity index (χ3n) is 5.07. The second kappa shape index (κ2) is 8.41. The van der Waals surface area contributed by atoms with Crippen LogP contribution in [0, 0.1) is 0 Å². The van der Waals surface area contributed by atoms with Crippen molar-refractivity contribution in [1.29, 1.82) is 0 Å². The number of oxazole rings is 1. The van der Waals surface area contributed by atoms with Crippen LogP contribution in [0.15, 0.2) is 52.9 Å². The quantitative estimate of drug-likeness (QED) is 0.605. The van der Waals surface area contributed by atoms with Gasteiger partial charge in [-0.1, -0.05) is 30.3 Å². The molecule has 3 aromatic rings. The second-order valence-electron chi connectivity index (χ2n) is 7.06. The maximum absolute atomic E-state index is 13.1. The van der Waals surface area contributed by atoms with Crippen LogP contribution in [0.1, 0.15) is 43.6 Å². The summed E-state index contributed by atoms with van der Waals surface area (Å²) in [5.74, 6) is 1.18. The van der Waals surface area contributed by atoms with E-state index in [1.807, 2.05) is 30.3 Å². The highest BCUT2D eigenvalue weighted by Gasteiger charge is 2.27. The largest absolute Gasteiger partial charge is 0.497 e. The minimum atomic E-state index is -0.522. The predicted octanol–water partition coefficient (Wildman–Crippen LogP) is 3.26. The number of carbonyl (C=O) groups is 2. The van der Waals surface area contributed by atoms with Crippen molar-refractivity contribution < 1.29 is 23.5 Å². The number of nitrogens with zero attached hydrogens (tertiary/aromatic N) is 2. The average Bonchev–Trinajstić information content (AvgIpc) is 3.19. The Morgan fingerprint density at radius 3 is 2.60 bits per heavy atom. The van der Waals surface area contributed by atoms with Crippen molar-refractivity contribution in [2.45, 2.75) is 19.4 Å². The number of ether oxygens (including phenoxy) is 2. The van der Waals surface area contributed by atoms with Crippen molar-refractivity contribution in [1.82, 2.24) is 9.88 Å². The number of amides is 1. The number of rotatable bonds is 5. The highest BCUT2D eigenvalue weighted by Crippen LogP contribution is 2.25. The van der Waals surface area contributed by atoms with E-state index in [9.17, 15) is 9.59 Å². The molecule has 4 rings (SSSR count). The van der Waals surface area contributed by atoms with E-state index in [1.165, 1.54) is 20.3 Å². The maximum atomic E-state index is 13.1. The van der Waals surface area contributed by atoms with E-state index in [2.05, 4.69) is 4.98 Å². The van der Waals surface area contributed by atoms with E-state index in [4.69, 9.17) is 13.9 Å². The molecule has 0 saturated heterocycles. The molecule has 1 aromatic heterocycles. The van der Waals surface area contributed by atoms with E-state index in [0.29, 0.717) is 43.1 Å². The van der Waals surface area contributed by atoms with E-state index < -0.39 is 5.97 Å². The molecule has 2 aromatic carbocycles. The number of hydrogen-bond acceptors (Lipinski definition) is 6. The van der Waals surface area contributed by atoms with Crippen LogP contribution in [-0.2, 0) is 24.1 Å². The SMILES string of the molecule is COC(=O)c1cc(OC)cc(C(=O)N2CCc3oc(Cc4ccccc4)nc3C2)c1. The molecule has 0 saturated carbocycles. The molecule has 0 N–H and O–H groups in total. The number of methoxy groups -OCH3 is 2. The lowest BCUT2D eigenvalue weighted by atomic mass is 10.1. The van der Waals surface area contributed by atoms with Crippen LogP contribution < -0.4 is 4.74 Å². The van der Waals surface area contributed by atoms with E-state index >= 15 is 0 Å². The van der Waals surface area contributed by atoms with Gasteiger partial charge in [-0.2, -0.15) is 0 Å². The Morgan fingerprint density at radius 2 is 1.87 bits per heavy atom. The molecule has 0 radical (unpaired) electrons. The Bertz CT molecular complexity index is 1070. The zero-order chi connectivity index (χ0) is 21.1. The summed E-state index contributed by atoms with van der Waals surface area (Å²) in [5, 5.41) is 0. The highest BCUT2D eigenvalue weighted by molar-refractivity contribution is 5.98. The lowest BCUT2D eigenvalue weighted by molar-refractivity contribution is 0.0600. The van der Waals surface area contributed by atoms with E-state index in [-0.39, 0.29) is 11.5 Å². The van der Waals surface area contributed by atoms with Gasteiger partial charge < -0.3 is 18.8 Å². The second-order valence-corrected chi connectivity index (χ2v) is 7.06. The summed E-state index contributed by atoms with van der Waals surface area (Å²) in [6.07, 6.45) is 1.21. The Kier molecular flexibility index (Phi) is 5.52. The van der Waals surface area contributed by atoms with Gasteiger partial charge in [-0.05, 0) is 23.8 Å². The minimum Gasteiger partial charge on any atom is -0.497 e. The number of aromatic nitrogens is 1. The van der Waals surface area contributed by atoms with Crippen LogP contribution in [0.5, 0.6) is 5.75 Å². The molecular weight excluding hydrogens is 384 g/mol. The van der Waals surface area contributed by atoms with Crippen molar-refractivity contribution in [2.75, 3.05) is 20.8 Å². The Labute approximate surface area is 174 Å². The Balaban J connectivity index is 1.53. The molecule has 0 bridgehead atoms. The summed E-state index contributed by atoms with van der Waals surface area (Å²) in [6, 6.07) is 14.7. The Hall–Kier alpha value is -3.61. The minimum absolute atomic E-state index is 0.197. The van der Waals surface area contributed by atoms with Gasteiger partial charge in [-0.15, -0.1) is 0 Å². The molecule has 1 aliphatic heterocycles. The molecular formula is C23H22N2O5. The maximum Gasteiger partial charge on any atom is 0.338 e. The molecule has 154 valence electrons. The first kappa shape index (κ1) is 19.7. The van der Waals surface area contributed by atoms with E-state index in [0.717, 1.165) is 17.0 Å². The van der Waals surface area contributed by atoms with Crippen LogP contribution in [-0.4, -0.2) is 42.5 Å². The molecule has 0 aliphatic carbocycles. The first-order chi connectivity index (χ1) is 14.6. The molecule has 1 aliphatic rings. The van der Waals surface area contributed by atoms with Crippen LogP contribution >= 0.6 is 0 Å². The smallest absolute Gasteiger partial charge is 0.338 e. The van der Waals surface area contributed by atoms with Crippen LogP contribution in [0.2, 0.25) is 0 Å². The van der Waals surface area contributed by atoms with Gasteiger partial charge in [0.25, 0.3) is 5.91 Å². The zero-order valence-electron chi connectivity index (χ0n) is 16.9. The van der Waals surface area contributed by atoms with Gasteiger partial charge in [0.15, 0.2) is 5.89 Å². The average molecular weight is 406 g/mol. The highest BCUT2D eigenvalue weighted by atomic mass is 16.5. The first-order valence-corrected chi connectivity index (χ1v) is 9.65. The molecule has 2 heterocycles. The van der Waals surface area contributed by atoms with E-state index in [1.54, 1.807) is 17.0 Å². The van der Waals surface area contributed by atoms with Gasteiger partial charge in [0.05, 0.1) is 26.3 Å². The monoisotopic (exact) mass is 406 g/mol. The van der Waals surface area contributed by atoms with Crippen molar-refractivity contribution in [3.05, 3.63) is 82.6 Å². The third-order valence-corrected chi connectivity index (χ3v) is 5.07.